The first-order chi connectivity index (χ1) is 10.0. The van der Waals surface area contributed by atoms with Crippen LogP contribution in [-0.4, -0.2) is 10.9 Å². The molecule has 1 N–H and O–H groups in total. The maximum absolute atomic E-state index is 12.1. The summed E-state index contributed by atoms with van der Waals surface area (Å²) >= 11 is 1.06. The summed E-state index contributed by atoms with van der Waals surface area (Å²) in [6.07, 6.45) is 10.0. The summed E-state index contributed by atoms with van der Waals surface area (Å²) in [6.45, 7) is 6.55. The van der Waals surface area contributed by atoms with Crippen LogP contribution < -0.4 is 0 Å². The number of carbonyl (C=O) groups excluding carboxylic acids is 1. The molecule has 1 aliphatic rings. The Morgan fingerprint density at radius 1 is 1.24 bits per heavy atom. The maximum atomic E-state index is 12.1. The van der Waals surface area contributed by atoms with E-state index in [1.54, 1.807) is 0 Å². The standard InChI is InChI=1S/C17H30O2.O.V/c1-4-8-15(13(2)3)11-16(18)12-17(19)14-9-6-5-7-10-14;;/h12-15,18H,4-11H2,1-3H3;;/b16-12-;;. The first-order valence-corrected chi connectivity index (χ1v) is 8.73. The van der Waals surface area contributed by atoms with Gasteiger partial charge in [0.25, 0.3) is 0 Å². The predicted molar refractivity (Wildman–Crippen MR) is 80.8 cm³/mol. The van der Waals surface area contributed by atoms with Crippen molar-refractivity contribution in [1.82, 2.24) is 0 Å². The van der Waals surface area contributed by atoms with Gasteiger partial charge in [-0.25, -0.2) is 0 Å². The summed E-state index contributed by atoms with van der Waals surface area (Å²) in [7, 11) is 0. The molecule has 3 nitrogen and oxygen atoms in total. The quantitative estimate of drug-likeness (QED) is 0.531. The van der Waals surface area contributed by atoms with E-state index in [4.69, 9.17) is 3.67 Å². The third-order valence-electron chi connectivity index (χ3n) is 4.39. The summed E-state index contributed by atoms with van der Waals surface area (Å²) in [5.41, 5.74) is 0. The molecule has 0 aliphatic heterocycles. The zero-order valence-electron chi connectivity index (χ0n) is 13.7. The van der Waals surface area contributed by atoms with Gasteiger partial charge in [0.1, 0.15) is 0 Å². The van der Waals surface area contributed by atoms with Gasteiger partial charge in [-0.15, -0.1) is 0 Å². The van der Waals surface area contributed by atoms with Crippen molar-refractivity contribution >= 4 is 5.78 Å². The van der Waals surface area contributed by atoms with Crippen LogP contribution >= 0.6 is 0 Å². The number of hydrogen-bond donors (Lipinski definition) is 1. The third-order valence-corrected chi connectivity index (χ3v) is 4.39. The van der Waals surface area contributed by atoms with Crippen LogP contribution in [0.2, 0.25) is 0 Å². The first-order valence-electron chi connectivity index (χ1n) is 8.16. The topological polar surface area (TPSA) is 54.4 Å². The van der Waals surface area contributed by atoms with Crippen molar-refractivity contribution in [3.05, 3.63) is 11.8 Å². The van der Waals surface area contributed by atoms with Crippen LogP contribution in [-0.2, 0) is 25.8 Å². The Balaban J connectivity index is 0.00000191. The van der Waals surface area contributed by atoms with Gasteiger partial charge in [-0.1, -0.05) is 52.9 Å². The van der Waals surface area contributed by atoms with Gasteiger partial charge in [0.2, 0.25) is 0 Å². The van der Waals surface area contributed by atoms with Crippen LogP contribution in [0.5, 0.6) is 0 Å². The van der Waals surface area contributed by atoms with E-state index in [2.05, 4.69) is 20.8 Å². The fraction of sp³-hybridized carbons (Fsp3) is 0.824. The van der Waals surface area contributed by atoms with Crippen molar-refractivity contribution in [3.63, 3.8) is 0 Å². The molecule has 1 rings (SSSR count). The van der Waals surface area contributed by atoms with E-state index in [1.165, 1.54) is 12.5 Å². The summed E-state index contributed by atoms with van der Waals surface area (Å²) in [5, 5.41) is 10.0. The fourth-order valence-corrected chi connectivity index (χ4v) is 3.04. The number of ketones is 1. The normalized spacial score (nSPS) is 18.0. The van der Waals surface area contributed by atoms with Crippen LogP contribution in [0.1, 0.15) is 72.1 Å². The molecule has 1 unspecified atom stereocenters. The molecule has 121 valence electrons. The zero-order chi connectivity index (χ0) is 16.3. The molecule has 0 spiro atoms. The van der Waals surface area contributed by atoms with Crippen LogP contribution in [0.15, 0.2) is 11.8 Å². The second kappa shape index (κ2) is 12.2. The van der Waals surface area contributed by atoms with Gasteiger partial charge in [-0.05, 0) is 24.7 Å². The number of allylic oxidation sites excluding steroid dienone is 2. The summed E-state index contributed by atoms with van der Waals surface area (Å²) < 4.78 is 8.19. The zero-order valence-corrected chi connectivity index (χ0v) is 15.1. The van der Waals surface area contributed by atoms with Gasteiger partial charge >= 0.3 is 21.0 Å². The number of carbonyl (C=O) groups is 1. The molecule has 0 aromatic heterocycles. The SMILES string of the molecule is CCCC(C/C(O)=C/C(=O)C1CCCCC1)C(C)C.[O]=[V]. The van der Waals surface area contributed by atoms with Crippen LogP contribution in [0.4, 0.5) is 0 Å². The van der Waals surface area contributed by atoms with Crippen molar-refractivity contribution in [2.75, 3.05) is 0 Å². The van der Waals surface area contributed by atoms with Crippen molar-refractivity contribution in [1.29, 1.82) is 0 Å². The summed E-state index contributed by atoms with van der Waals surface area (Å²) in [4.78, 5) is 12.1. The van der Waals surface area contributed by atoms with Gasteiger partial charge in [-0.2, -0.15) is 0 Å². The molecule has 0 amide bonds. The minimum atomic E-state index is 0.149. The Hall–Kier alpha value is -0.406. The Morgan fingerprint density at radius 2 is 1.81 bits per heavy atom. The molecular formula is C17H30O3V. The Labute approximate surface area is 138 Å². The molecule has 1 saturated carbocycles. The van der Waals surface area contributed by atoms with Gasteiger partial charge in [0.05, 0.1) is 5.76 Å². The third kappa shape index (κ3) is 8.58. The van der Waals surface area contributed by atoms with Crippen LogP contribution in [0, 0.1) is 17.8 Å². The first kappa shape index (κ1) is 20.6. The molecule has 0 aromatic rings. The molecule has 0 radical (unpaired) electrons. The molecular weight excluding hydrogens is 303 g/mol. The Bertz CT molecular complexity index is 320. The van der Waals surface area contributed by atoms with Gasteiger partial charge < -0.3 is 5.11 Å². The molecule has 1 atom stereocenters. The van der Waals surface area contributed by atoms with Gasteiger partial charge in [0, 0.05) is 18.4 Å². The molecule has 0 heterocycles. The second-order valence-electron chi connectivity index (χ2n) is 6.37. The van der Waals surface area contributed by atoms with Gasteiger partial charge in [-0.3, -0.25) is 4.79 Å². The molecule has 21 heavy (non-hydrogen) atoms. The Morgan fingerprint density at radius 3 is 2.29 bits per heavy atom. The number of aliphatic hydroxyl groups is 1. The Kier molecular flexibility index (Phi) is 11.9. The average Bonchev–Trinajstić information content (AvgIpc) is 2.49. The van der Waals surface area contributed by atoms with E-state index in [-0.39, 0.29) is 11.7 Å². The van der Waals surface area contributed by atoms with E-state index >= 15 is 0 Å². The van der Waals surface area contributed by atoms with Crippen molar-refractivity contribution in [2.24, 2.45) is 17.8 Å². The summed E-state index contributed by atoms with van der Waals surface area (Å²) in [5.74, 6) is 1.65. The van der Waals surface area contributed by atoms with Gasteiger partial charge in [0.15, 0.2) is 5.78 Å². The van der Waals surface area contributed by atoms with E-state index < -0.39 is 0 Å². The molecule has 0 saturated heterocycles. The number of rotatable bonds is 7. The van der Waals surface area contributed by atoms with E-state index in [1.807, 2.05) is 0 Å². The van der Waals surface area contributed by atoms with E-state index in [9.17, 15) is 9.90 Å². The fourth-order valence-electron chi connectivity index (χ4n) is 3.04. The molecule has 1 aliphatic carbocycles. The monoisotopic (exact) mass is 333 g/mol. The van der Waals surface area contributed by atoms with Crippen LogP contribution in [0.3, 0.4) is 0 Å². The molecule has 0 bridgehead atoms. The molecule has 1 fully saturated rings. The van der Waals surface area contributed by atoms with Crippen LogP contribution in [0.25, 0.3) is 0 Å². The van der Waals surface area contributed by atoms with E-state index in [0.717, 1.165) is 55.9 Å². The van der Waals surface area contributed by atoms with Crippen molar-refractivity contribution in [3.8, 4) is 0 Å². The number of aliphatic hydroxyl groups excluding tert-OH is 1. The van der Waals surface area contributed by atoms with E-state index in [0.29, 0.717) is 24.0 Å². The molecule has 0 aromatic carbocycles. The molecule has 4 heteroatoms. The minimum absolute atomic E-state index is 0.149. The number of hydrogen-bond acceptors (Lipinski definition) is 3. The predicted octanol–water partition coefficient (Wildman–Crippen LogP) is 4.92. The van der Waals surface area contributed by atoms with Crippen molar-refractivity contribution < 1.29 is 30.9 Å². The van der Waals surface area contributed by atoms with Crippen molar-refractivity contribution in [2.45, 2.75) is 72.1 Å². The summed E-state index contributed by atoms with van der Waals surface area (Å²) in [6, 6.07) is 0. The average molecular weight is 333 g/mol. The second-order valence-corrected chi connectivity index (χ2v) is 6.37.